The second-order valence-corrected chi connectivity index (χ2v) is 6.52. The molecule has 22 heavy (non-hydrogen) atoms. The summed E-state index contributed by atoms with van der Waals surface area (Å²) in [5, 5.41) is 3.74. The Labute approximate surface area is 139 Å². The van der Waals surface area contributed by atoms with Gasteiger partial charge in [0.2, 0.25) is 0 Å². The quantitative estimate of drug-likeness (QED) is 0.833. The molecule has 7 heteroatoms. The Bertz CT molecular complexity index is 623. The molecule has 0 aliphatic carbocycles. The molecule has 2 atom stereocenters. The van der Waals surface area contributed by atoms with Crippen LogP contribution in [0.25, 0.3) is 0 Å². The summed E-state index contributed by atoms with van der Waals surface area (Å²) in [6.07, 6.45) is 0. The fourth-order valence-corrected chi connectivity index (χ4v) is 3.38. The van der Waals surface area contributed by atoms with E-state index in [0.29, 0.717) is 23.1 Å². The zero-order valence-electron chi connectivity index (χ0n) is 12.2. The van der Waals surface area contributed by atoms with Gasteiger partial charge in [0.15, 0.2) is 0 Å². The fraction of sp³-hybridized carbons (Fsp3) is 0.467. The maximum atomic E-state index is 11.9. The van der Waals surface area contributed by atoms with Gasteiger partial charge in [0.1, 0.15) is 0 Å². The second kappa shape index (κ2) is 6.07. The third kappa shape index (κ3) is 2.81. The van der Waals surface area contributed by atoms with E-state index in [1.807, 2.05) is 12.1 Å². The molecule has 118 valence electrons. The van der Waals surface area contributed by atoms with Gasteiger partial charge in [-0.3, -0.25) is 14.5 Å². The smallest absolute Gasteiger partial charge is 0.312 e. The summed E-state index contributed by atoms with van der Waals surface area (Å²) in [6, 6.07) is 5.86. The maximum Gasteiger partial charge on any atom is 0.312 e. The average Bonchev–Trinajstić information content (AvgIpc) is 2.52. The number of rotatable bonds is 2. The number of nitrogens with zero attached hydrogens (tertiary/aromatic N) is 2. The summed E-state index contributed by atoms with van der Waals surface area (Å²) in [4.78, 5) is 27.2. The third-order valence-corrected chi connectivity index (χ3v) is 5.18. The van der Waals surface area contributed by atoms with Gasteiger partial charge in [0.05, 0.1) is 16.1 Å². The fourth-order valence-electron chi connectivity index (χ4n) is 3.07. The van der Waals surface area contributed by atoms with Crippen LogP contribution in [0.4, 0.5) is 0 Å². The van der Waals surface area contributed by atoms with Crippen molar-refractivity contribution in [1.82, 2.24) is 15.1 Å². The molecule has 2 saturated heterocycles. The summed E-state index contributed by atoms with van der Waals surface area (Å²) >= 11 is 12.1. The predicted molar refractivity (Wildman–Crippen MR) is 85.0 cm³/mol. The van der Waals surface area contributed by atoms with Crippen molar-refractivity contribution < 1.29 is 9.59 Å². The standard InChI is InChI=1S/C15H17Cl2N3O2/c1-9(10-2-3-12(16)13(17)6-10)19-4-5-20-11(8-19)7-18-14(21)15(20)22/h2-3,6,9,11H,4-5,7-8H2,1H3,(H,18,21). The highest BCUT2D eigenvalue weighted by Crippen LogP contribution is 2.29. The minimum Gasteiger partial charge on any atom is -0.346 e. The summed E-state index contributed by atoms with van der Waals surface area (Å²) in [6.45, 7) is 4.65. The molecule has 2 fully saturated rings. The Morgan fingerprint density at radius 1 is 1.23 bits per heavy atom. The molecule has 3 rings (SSSR count). The second-order valence-electron chi connectivity index (χ2n) is 5.71. The zero-order valence-corrected chi connectivity index (χ0v) is 13.7. The molecule has 0 radical (unpaired) electrons. The van der Waals surface area contributed by atoms with Crippen molar-refractivity contribution in [2.75, 3.05) is 26.2 Å². The van der Waals surface area contributed by atoms with E-state index in [0.717, 1.165) is 18.7 Å². The number of carbonyl (C=O) groups is 2. The van der Waals surface area contributed by atoms with Crippen molar-refractivity contribution >= 4 is 35.0 Å². The van der Waals surface area contributed by atoms with Crippen molar-refractivity contribution in [3.63, 3.8) is 0 Å². The highest BCUT2D eigenvalue weighted by molar-refractivity contribution is 6.42. The lowest BCUT2D eigenvalue weighted by Crippen LogP contribution is -2.65. The van der Waals surface area contributed by atoms with Crippen molar-refractivity contribution in [3.8, 4) is 0 Å². The molecule has 5 nitrogen and oxygen atoms in total. The number of benzene rings is 1. The van der Waals surface area contributed by atoms with Crippen LogP contribution in [-0.4, -0.2) is 53.8 Å². The van der Waals surface area contributed by atoms with Crippen LogP contribution in [0, 0.1) is 0 Å². The van der Waals surface area contributed by atoms with Gasteiger partial charge < -0.3 is 10.2 Å². The van der Waals surface area contributed by atoms with E-state index < -0.39 is 11.8 Å². The maximum absolute atomic E-state index is 11.9. The lowest BCUT2D eigenvalue weighted by atomic mass is 10.0. The summed E-state index contributed by atoms with van der Waals surface area (Å²) < 4.78 is 0. The van der Waals surface area contributed by atoms with E-state index in [4.69, 9.17) is 23.2 Å². The Balaban J connectivity index is 1.73. The van der Waals surface area contributed by atoms with Crippen LogP contribution in [0.15, 0.2) is 18.2 Å². The number of hydrogen-bond acceptors (Lipinski definition) is 3. The number of fused-ring (bicyclic) bond motifs is 1. The first-order valence-electron chi connectivity index (χ1n) is 7.25. The van der Waals surface area contributed by atoms with E-state index in [1.54, 1.807) is 11.0 Å². The van der Waals surface area contributed by atoms with Crippen molar-refractivity contribution in [1.29, 1.82) is 0 Å². The average molecular weight is 342 g/mol. The van der Waals surface area contributed by atoms with Gasteiger partial charge in [-0.2, -0.15) is 0 Å². The number of nitrogens with one attached hydrogen (secondary N) is 1. The highest BCUT2D eigenvalue weighted by Gasteiger charge is 2.38. The SMILES string of the molecule is CC(c1ccc(Cl)c(Cl)c1)N1CCN2C(=O)C(=O)NCC2C1. The predicted octanol–water partition coefficient (Wildman–Crippen LogP) is 1.70. The van der Waals surface area contributed by atoms with Crippen LogP contribution in [0.3, 0.4) is 0 Å². The normalized spacial score (nSPS) is 24.0. The van der Waals surface area contributed by atoms with Crippen LogP contribution in [0.5, 0.6) is 0 Å². The summed E-state index contributed by atoms with van der Waals surface area (Å²) in [5.74, 6) is -0.916. The van der Waals surface area contributed by atoms with Crippen LogP contribution in [-0.2, 0) is 9.59 Å². The monoisotopic (exact) mass is 341 g/mol. The van der Waals surface area contributed by atoms with E-state index in [9.17, 15) is 9.59 Å². The van der Waals surface area contributed by atoms with Gasteiger partial charge in [-0.15, -0.1) is 0 Å². The Hall–Kier alpha value is -1.30. The van der Waals surface area contributed by atoms with Gasteiger partial charge in [-0.05, 0) is 24.6 Å². The van der Waals surface area contributed by atoms with Crippen LogP contribution >= 0.6 is 23.2 Å². The van der Waals surface area contributed by atoms with Crippen LogP contribution < -0.4 is 5.32 Å². The first-order valence-corrected chi connectivity index (χ1v) is 8.00. The first-order chi connectivity index (χ1) is 10.5. The number of amides is 2. The van der Waals surface area contributed by atoms with Crippen LogP contribution in [0.1, 0.15) is 18.5 Å². The minimum absolute atomic E-state index is 0.0316. The molecule has 0 bridgehead atoms. The largest absolute Gasteiger partial charge is 0.346 e. The number of carbonyl (C=O) groups excluding carboxylic acids is 2. The lowest BCUT2D eigenvalue weighted by Gasteiger charge is -2.45. The molecule has 0 aromatic heterocycles. The third-order valence-electron chi connectivity index (χ3n) is 4.44. The molecule has 2 aliphatic heterocycles. The number of halogens is 2. The topological polar surface area (TPSA) is 52.7 Å². The Morgan fingerprint density at radius 3 is 2.73 bits per heavy atom. The molecule has 1 aromatic carbocycles. The molecule has 2 heterocycles. The lowest BCUT2D eigenvalue weighted by molar-refractivity contribution is -0.153. The molecular weight excluding hydrogens is 325 g/mol. The molecular formula is C15H17Cl2N3O2. The summed E-state index contributed by atoms with van der Waals surface area (Å²) in [7, 11) is 0. The van der Waals surface area contributed by atoms with E-state index in [1.165, 1.54) is 0 Å². The van der Waals surface area contributed by atoms with Gasteiger partial charge in [0, 0.05) is 32.2 Å². The highest BCUT2D eigenvalue weighted by atomic mass is 35.5. The minimum atomic E-state index is -0.498. The van der Waals surface area contributed by atoms with Gasteiger partial charge in [0.25, 0.3) is 0 Å². The molecule has 0 spiro atoms. The zero-order chi connectivity index (χ0) is 15.9. The van der Waals surface area contributed by atoms with E-state index >= 15 is 0 Å². The molecule has 2 unspecified atom stereocenters. The van der Waals surface area contributed by atoms with E-state index in [-0.39, 0.29) is 12.1 Å². The first kappa shape index (κ1) is 15.6. The Morgan fingerprint density at radius 2 is 2.00 bits per heavy atom. The molecule has 1 N–H and O–H groups in total. The van der Waals surface area contributed by atoms with Gasteiger partial charge >= 0.3 is 11.8 Å². The number of hydrogen-bond donors (Lipinski definition) is 1. The number of piperazine rings is 2. The van der Waals surface area contributed by atoms with Crippen molar-refractivity contribution in [2.45, 2.75) is 19.0 Å². The van der Waals surface area contributed by atoms with Crippen molar-refractivity contribution in [3.05, 3.63) is 33.8 Å². The van der Waals surface area contributed by atoms with Crippen LogP contribution in [0.2, 0.25) is 10.0 Å². The van der Waals surface area contributed by atoms with E-state index in [2.05, 4.69) is 17.1 Å². The van der Waals surface area contributed by atoms with Crippen molar-refractivity contribution in [2.24, 2.45) is 0 Å². The molecule has 2 aliphatic rings. The molecule has 0 saturated carbocycles. The van der Waals surface area contributed by atoms with Gasteiger partial charge in [-0.25, -0.2) is 0 Å². The molecule has 2 amide bonds. The summed E-state index contributed by atoms with van der Waals surface area (Å²) in [5.41, 5.74) is 1.09. The molecule has 1 aromatic rings. The Kier molecular flexibility index (Phi) is 4.30. The van der Waals surface area contributed by atoms with Gasteiger partial charge in [-0.1, -0.05) is 29.3 Å².